The Morgan fingerprint density at radius 3 is 2.52 bits per heavy atom. The molecule has 106 valence electrons. The van der Waals surface area contributed by atoms with E-state index >= 15 is 0 Å². The molecular formula is C14H11N3O4. The smallest absolute Gasteiger partial charge is 0.262 e. The number of benzene rings is 1. The van der Waals surface area contributed by atoms with Crippen LogP contribution in [0.2, 0.25) is 0 Å². The summed E-state index contributed by atoms with van der Waals surface area (Å²) in [6, 6.07) is 5.48. The predicted molar refractivity (Wildman–Crippen MR) is 74.6 cm³/mol. The number of aromatic hydroxyl groups is 1. The second kappa shape index (κ2) is 4.20. The van der Waals surface area contributed by atoms with Crippen molar-refractivity contribution in [2.75, 3.05) is 5.73 Å². The summed E-state index contributed by atoms with van der Waals surface area (Å²) in [4.78, 5) is 35.6. The molecule has 1 aromatic carbocycles. The fraction of sp³-hybridized carbons (Fsp3) is 0.0714. The van der Waals surface area contributed by atoms with Gasteiger partial charge in [-0.1, -0.05) is 0 Å². The quantitative estimate of drug-likeness (QED) is 0.653. The maximum atomic E-state index is 12.2. The van der Waals surface area contributed by atoms with Crippen LogP contribution in [0.3, 0.4) is 0 Å². The molecule has 21 heavy (non-hydrogen) atoms. The first-order valence-corrected chi connectivity index (χ1v) is 6.11. The number of nitrogens with zero attached hydrogens (tertiary/aromatic N) is 1. The van der Waals surface area contributed by atoms with Gasteiger partial charge in [-0.25, -0.2) is 0 Å². The predicted octanol–water partition coefficient (Wildman–Crippen LogP) is 0.317. The number of phenols is 1. The van der Waals surface area contributed by atoms with Gasteiger partial charge in [0.05, 0.1) is 16.8 Å². The van der Waals surface area contributed by atoms with Crippen molar-refractivity contribution in [3.63, 3.8) is 0 Å². The molecule has 0 spiro atoms. The molecule has 1 aliphatic rings. The highest BCUT2D eigenvalue weighted by atomic mass is 16.3. The van der Waals surface area contributed by atoms with Gasteiger partial charge >= 0.3 is 0 Å². The number of nitrogens with one attached hydrogen (secondary N) is 1. The van der Waals surface area contributed by atoms with Crippen LogP contribution in [0.4, 0.5) is 5.82 Å². The molecule has 0 saturated carbocycles. The molecule has 3 rings (SSSR count). The van der Waals surface area contributed by atoms with Gasteiger partial charge in [0.25, 0.3) is 17.4 Å². The number of nitrogen functional groups attached to an aromatic ring is 1. The second-order valence-corrected chi connectivity index (χ2v) is 4.75. The van der Waals surface area contributed by atoms with Crippen molar-refractivity contribution in [1.29, 1.82) is 0 Å². The van der Waals surface area contributed by atoms with E-state index in [0.717, 1.165) is 10.6 Å². The molecule has 0 atom stereocenters. The number of phenolic OH excluding ortho intramolecular Hbond substituents is 1. The number of pyridine rings is 1. The Labute approximate surface area is 118 Å². The lowest BCUT2D eigenvalue weighted by atomic mass is 10.1. The van der Waals surface area contributed by atoms with Crippen LogP contribution in [-0.4, -0.2) is 21.5 Å². The molecule has 1 aliphatic heterocycles. The van der Waals surface area contributed by atoms with Crippen molar-refractivity contribution in [3.05, 3.63) is 51.3 Å². The highest BCUT2D eigenvalue weighted by Crippen LogP contribution is 2.25. The average Bonchev–Trinajstić information content (AvgIpc) is 2.67. The average molecular weight is 285 g/mol. The van der Waals surface area contributed by atoms with Gasteiger partial charge in [-0.2, -0.15) is 0 Å². The third-order valence-electron chi connectivity index (χ3n) is 3.37. The molecule has 7 heteroatoms. The number of nitrogens with two attached hydrogens (primary N) is 1. The summed E-state index contributed by atoms with van der Waals surface area (Å²) in [6.07, 6.45) is 0. The topological polar surface area (TPSA) is 114 Å². The fourth-order valence-corrected chi connectivity index (χ4v) is 2.42. The number of amides is 2. The van der Waals surface area contributed by atoms with Crippen LogP contribution in [0.15, 0.2) is 29.1 Å². The largest absolute Gasteiger partial charge is 0.508 e. The summed E-state index contributed by atoms with van der Waals surface area (Å²) in [6.45, 7) is 1.69. The van der Waals surface area contributed by atoms with Crippen LogP contribution >= 0.6 is 0 Å². The number of hydrogen-bond acceptors (Lipinski definition) is 5. The van der Waals surface area contributed by atoms with E-state index in [9.17, 15) is 19.5 Å². The maximum Gasteiger partial charge on any atom is 0.262 e. The van der Waals surface area contributed by atoms with E-state index < -0.39 is 17.4 Å². The van der Waals surface area contributed by atoms with Crippen LogP contribution in [-0.2, 0) is 0 Å². The standard InChI is InChI=1S/C14H11N3O4/c1-6-4-7(18)2-3-9(6)17-10(19)5-8-11(12(17)15)14(21)16-13(8)20/h2-5,18H,15H2,1H3,(H,16,20,21). The van der Waals surface area contributed by atoms with Crippen molar-refractivity contribution >= 4 is 17.6 Å². The first kappa shape index (κ1) is 12.9. The van der Waals surface area contributed by atoms with E-state index in [4.69, 9.17) is 5.73 Å². The van der Waals surface area contributed by atoms with Gasteiger partial charge < -0.3 is 10.8 Å². The van der Waals surface area contributed by atoms with Gasteiger partial charge in [-0.05, 0) is 30.7 Å². The number of aryl methyl sites for hydroxylation is 1. The summed E-state index contributed by atoms with van der Waals surface area (Å²) >= 11 is 0. The number of hydrogen-bond donors (Lipinski definition) is 3. The van der Waals surface area contributed by atoms with Gasteiger partial charge in [-0.3, -0.25) is 24.3 Å². The molecule has 0 aliphatic carbocycles. The van der Waals surface area contributed by atoms with Gasteiger partial charge in [-0.15, -0.1) is 0 Å². The van der Waals surface area contributed by atoms with E-state index in [0.29, 0.717) is 11.3 Å². The monoisotopic (exact) mass is 285 g/mol. The zero-order chi connectivity index (χ0) is 15.3. The molecule has 0 saturated heterocycles. The molecule has 7 nitrogen and oxygen atoms in total. The SMILES string of the molecule is Cc1cc(O)ccc1-n1c(N)c2c(cc1=O)C(=O)NC2=O. The molecule has 2 aromatic rings. The summed E-state index contributed by atoms with van der Waals surface area (Å²) in [5, 5.41) is 11.5. The highest BCUT2D eigenvalue weighted by molar-refractivity contribution is 6.23. The molecule has 0 fully saturated rings. The summed E-state index contributed by atoms with van der Waals surface area (Å²) in [5.41, 5.74) is 6.41. The maximum absolute atomic E-state index is 12.2. The Hall–Kier alpha value is -3.09. The third-order valence-corrected chi connectivity index (χ3v) is 3.37. The minimum atomic E-state index is -0.631. The second-order valence-electron chi connectivity index (χ2n) is 4.75. The van der Waals surface area contributed by atoms with E-state index in [1.165, 1.54) is 18.2 Å². The van der Waals surface area contributed by atoms with E-state index in [-0.39, 0.29) is 22.7 Å². The normalized spacial score (nSPS) is 13.2. The minimum absolute atomic E-state index is 0.00734. The van der Waals surface area contributed by atoms with Crippen molar-refractivity contribution in [3.8, 4) is 11.4 Å². The number of aromatic nitrogens is 1. The lowest BCUT2D eigenvalue weighted by Gasteiger charge is -2.14. The zero-order valence-electron chi connectivity index (χ0n) is 11.0. The molecule has 0 unspecified atom stereocenters. The zero-order valence-corrected chi connectivity index (χ0v) is 11.0. The van der Waals surface area contributed by atoms with Crippen LogP contribution in [0.1, 0.15) is 26.3 Å². The Balaban J connectivity index is 2.35. The van der Waals surface area contributed by atoms with Gasteiger partial charge in [0.15, 0.2) is 0 Å². The minimum Gasteiger partial charge on any atom is -0.508 e. The van der Waals surface area contributed by atoms with Crippen molar-refractivity contribution in [2.24, 2.45) is 0 Å². The first-order valence-electron chi connectivity index (χ1n) is 6.11. The van der Waals surface area contributed by atoms with Crippen LogP contribution < -0.4 is 16.6 Å². The van der Waals surface area contributed by atoms with E-state index in [1.54, 1.807) is 6.92 Å². The van der Waals surface area contributed by atoms with Crippen molar-refractivity contribution < 1.29 is 14.7 Å². The Kier molecular flexibility index (Phi) is 2.59. The van der Waals surface area contributed by atoms with Crippen LogP contribution in [0, 0.1) is 6.92 Å². The Bertz CT molecular complexity index is 867. The number of imide groups is 1. The van der Waals surface area contributed by atoms with E-state index in [2.05, 4.69) is 5.32 Å². The third kappa shape index (κ3) is 1.78. The molecule has 1 aromatic heterocycles. The molecule has 2 amide bonds. The van der Waals surface area contributed by atoms with Gasteiger partial charge in [0, 0.05) is 6.07 Å². The number of carbonyl (C=O) groups excluding carboxylic acids is 2. The number of carbonyl (C=O) groups is 2. The van der Waals surface area contributed by atoms with Gasteiger partial charge in [0.2, 0.25) is 0 Å². The molecular weight excluding hydrogens is 274 g/mol. The lowest BCUT2D eigenvalue weighted by Crippen LogP contribution is -2.24. The molecule has 4 N–H and O–H groups in total. The number of rotatable bonds is 1. The van der Waals surface area contributed by atoms with Gasteiger partial charge in [0.1, 0.15) is 11.6 Å². The fourth-order valence-electron chi connectivity index (χ4n) is 2.42. The first-order chi connectivity index (χ1) is 9.90. The van der Waals surface area contributed by atoms with E-state index in [1.807, 2.05) is 0 Å². The Morgan fingerprint density at radius 1 is 1.14 bits per heavy atom. The van der Waals surface area contributed by atoms with Crippen LogP contribution in [0.25, 0.3) is 5.69 Å². The summed E-state index contributed by atoms with van der Waals surface area (Å²) in [7, 11) is 0. The molecule has 0 radical (unpaired) electrons. The van der Waals surface area contributed by atoms with Crippen molar-refractivity contribution in [1.82, 2.24) is 9.88 Å². The highest BCUT2D eigenvalue weighted by Gasteiger charge is 2.31. The number of anilines is 1. The lowest BCUT2D eigenvalue weighted by molar-refractivity contribution is 0.0880. The number of fused-ring (bicyclic) bond motifs is 1. The van der Waals surface area contributed by atoms with Crippen LogP contribution in [0.5, 0.6) is 5.75 Å². The summed E-state index contributed by atoms with van der Waals surface area (Å²) < 4.78 is 1.14. The Morgan fingerprint density at radius 2 is 1.86 bits per heavy atom. The molecule has 0 bridgehead atoms. The summed E-state index contributed by atoms with van der Waals surface area (Å²) in [5.74, 6) is -1.31. The molecule has 2 heterocycles. The van der Waals surface area contributed by atoms with Crippen molar-refractivity contribution in [2.45, 2.75) is 6.92 Å².